The fraction of sp³-hybridized carbons (Fsp3) is 0.250. The second-order valence-electron chi connectivity index (χ2n) is 7.37. The van der Waals surface area contributed by atoms with Crippen molar-refractivity contribution in [3.63, 3.8) is 0 Å². The monoisotopic (exact) mass is 328 g/mol. The van der Waals surface area contributed by atoms with Crippen LogP contribution in [-0.4, -0.2) is 0 Å². The van der Waals surface area contributed by atoms with Gasteiger partial charge in [0.15, 0.2) is 0 Å². The highest BCUT2D eigenvalue weighted by Crippen LogP contribution is 2.50. The first kappa shape index (κ1) is 16.0. The van der Waals surface area contributed by atoms with Crippen LogP contribution < -0.4 is 0 Å². The highest BCUT2D eigenvalue weighted by molar-refractivity contribution is 6.07. The van der Waals surface area contributed by atoms with Crippen molar-refractivity contribution < 1.29 is 4.42 Å². The van der Waals surface area contributed by atoms with E-state index in [0.29, 0.717) is 0 Å². The van der Waals surface area contributed by atoms with Crippen LogP contribution in [0.1, 0.15) is 45.2 Å². The molecule has 1 aromatic heterocycles. The summed E-state index contributed by atoms with van der Waals surface area (Å²) in [6.07, 6.45) is 1.25. The van der Waals surface area contributed by atoms with Gasteiger partial charge in [-0.3, -0.25) is 0 Å². The molecule has 0 aliphatic heterocycles. The third-order valence-corrected chi connectivity index (χ3v) is 5.08. The Morgan fingerprint density at radius 1 is 0.720 bits per heavy atom. The average molecular weight is 328 g/mol. The van der Waals surface area contributed by atoms with Crippen molar-refractivity contribution >= 4 is 21.9 Å². The van der Waals surface area contributed by atoms with Crippen LogP contribution >= 0.6 is 0 Å². The molecule has 1 aliphatic rings. The summed E-state index contributed by atoms with van der Waals surface area (Å²) in [5.41, 5.74) is 7.45. The van der Waals surface area contributed by atoms with E-state index in [-0.39, 0.29) is 5.41 Å². The zero-order valence-corrected chi connectivity index (χ0v) is 15.4. The molecule has 0 atom stereocenters. The molecule has 4 aromatic rings. The maximum Gasteiger partial charge on any atom is 0.135 e. The van der Waals surface area contributed by atoms with Crippen molar-refractivity contribution in [2.45, 2.75) is 39.5 Å². The molecule has 0 fully saturated rings. The zero-order chi connectivity index (χ0) is 17.6. The fourth-order valence-electron chi connectivity index (χ4n) is 3.92. The van der Waals surface area contributed by atoms with Crippen molar-refractivity contribution in [2.24, 2.45) is 0 Å². The average Bonchev–Trinajstić information content (AvgIpc) is 3.08. The number of para-hydroxylation sites is 1. The van der Waals surface area contributed by atoms with Gasteiger partial charge < -0.3 is 4.42 Å². The summed E-state index contributed by atoms with van der Waals surface area (Å²) in [4.78, 5) is 0. The Balaban J connectivity index is 0.000000490. The lowest BCUT2D eigenvalue weighted by Gasteiger charge is -2.21. The Labute approximate surface area is 149 Å². The minimum atomic E-state index is 0.0269. The normalized spacial score (nSPS) is 14.1. The second-order valence-corrected chi connectivity index (χ2v) is 7.37. The van der Waals surface area contributed by atoms with Crippen molar-refractivity contribution in [2.75, 3.05) is 0 Å². The smallest absolute Gasteiger partial charge is 0.135 e. The second kappa shape index (κ2) is 5.77. The van der Waals surface area contributed by atoms with Gasteiger partial charge in [-0.2, -0.15) is 0 Å². The third-order valence-electron chi connectivity index (χ3n) is 5.08. The van der Waals surface area contributed by atoms with Gasteiger partial charge in [-0.25, -0.2) is 0 Å². The zero-order valence-electron chi connectivity index (χ0n) is 15.4. The highest BCUT2D eigenvalue weighted by atomic mass is 16.3. The molecule has 0 saturated heterocycles. The van der Waals surface area contributed by atoms with E-state index in [4.69, 9.17) is 4.42 Å². The Kier molecular flexibility index (Phi) is 3.68. The summed E-state index contributed by atoms with van der Waals surface area (Å²) >= 11 is 0. The molecule has 5 rings (SSSR count). The summed E-state index contributed by atoms with van der Waals surface area (Å²) in [5.74, 6) is 0. The van der Waals surface area contributed by atoms with Crippen molar-refractivity contribution in [3.8, 4) is 11.1 Å². The van der Waals surface area contributed by atoms with Gasteiger partial charge in [-0.1, -0.05) is 76.6 Å². The van der Waals surface area contributed by atoms with E-state index in [2.05, 4.69) is 76.2 Å². The van der Waals surface area contributed by atoms with Gasteiger partial charge in [0.1, 0.15) is 11.2 Å². The molecule has 1 aliphatic carbocycles. The molecular formula is C24H24O. The van der Waals surface area contributed by atoms with Gasteiger partial charge in [0, 0.05) is 16.2 Å². The molecule has 1 heteroatoms. The standard InChI is InChI=1S/C21H16O.C3H8/c1-21(2)17-9-5-3-7-13(17)15-11-16-14-8-4-6-10-19(14)22-20(16)12-18(15)21;1-3-2/h3-12H,1-2H3;3H2,1-2H3. The Morgan fingerprint density at radius 3 is 2.20 bits per heavy atom. The molecule has 0 N–H and O–H groups in total. The van der Waals surface area contributed by atoms with Crippen LogP contribution in [0.5, 0.6) is 0 Å². The predicted molar refractivity (Wildman–Crippen MR) is 107 cm³/mol. The molecule has 3 aromatic carbocycles. The molecule has 0 spiro atoms. The van der Waals surface area contributed by atoms with E-state index in [9.17, 15) is 0 Å². The summed E-state index contributed by atoms with van der Waals surface area (Å²) in [7, 11) is 0. The van der Waals surface area contributed by atoms with Crippen molar-refractivity contribution in [1.29, 1.82) is 0 Å². The fourth-order valence-corrected chi connectivity index (χ4v) is 3.92. The van der Waals surface area contributed by atoms with Crippen LogP contribution in [0.2, 0.25) is 0 Å². The third kappa shape index (κ3) is 2.30. The Morgan fingerprint density at radius 2 is 1.40 bits per heavy atom. The molecule has 0 unspecified atom stereocenters. The molecule has 0 radical (unpaired) electrons. The van der Waals surface area contributed by atoms with E-state index in [0.717, 1.165) is 11.2 Å². The first-order chi connectivity index (χ1) is 12.1. The first-order valence-electron chi connectivity index (χ1n) is 9.13. The van der Waals surface area contributed by atoms with E-state index in [1.807, 2.05) is 12.1 Å². The van der Waals surface area contributed by atoms with Gasteiger partial charge in [0.05, 0.1) is 0 Å². The maximum atomic E-state index is 6.07. The molecule has 0 saturated carbocycles. The van der Waals surface area contributed by atoms with Crippen LogP contribution in [0.25, 0.3) is 33.1 Å². The molecule has 0 amide bonds. The van der Waals surface area contributed by atoms with Crippen molar-refractivity contribution in [3.05, 3.63) is 71.8 Å². The number of rotatable bonds is 0. The van der Waals surface area contributed by atoms with Gasteiger partial charge in [-0.05, 0) is 40.5 Å². The van der Waals surface area contributed by atoms with Crippen LogP contribution in [-0.2, 0) is 5.41 Å². The lowest BCUT2D eigenvalue weighted by molar-refractivity contribution is 0.647. The van der Waals surface area contributed by atoms with Gasteiger partial charge in [0.2, 0.25) is 0 Å². The summed E-state index contributed by atoms with van der Waals surface area (Å²) in [6.45, 7) is 8.85. The molecule has 25 heavy (non-hydrogen) atoms. The number of fused-ring (bicyclic) bond motifs is 6. The topological polar surface area (TPSA) is 13.1 Å². The highest BCUT2D eigenvalue weighted by Gasteiger charge is 2.35. The molecular weight excluding hydrogens is 304 g/mol. The van der Waals surface area contributed by atoms with Crippen LogP contribution in [0.4, 0.5) is 0 Å². The lowest BCUT2D eigenvalue weighted by atomic mass is 9.82. The number of hydrogen-bond donors (Lipinski definition) is 0. The number of hydrogen-bond acceptors (Lipinski definition) is 1. The molecule has 0 bridgehead atoms. The SMILES string of the molecule is CC1(C)c2ccccc2-c2cc3c(cc21)oc1ccccc13.CCC. The van der Waals surface area contributed by atoms with Crippen LogP contribution in [0.15, 0.2) is 65.1 Å². The minimum absolute atomic E-state index is 0.0269. The number of furan rings is 1. The Bertz CT molecular complexity index is 1070. The predicted octanol–water partition coefficient (Wildman–Crippen LogP) is 7.31. The van der Waals surface area contributed by atoms with Crippen LogP contribution in [0, 0.1) is 0 Å². The van der Waals surface area contributed by atoms with Gasteiger partial charge >= 0.3 is 0 Å². The number of benzene rings is 3. The van der Waals surface area contributed by atoms with E-state index in [1.54, 1.807) is 0 Å². The summed E-state index contributed by atoms with van der Waals surface area (Å²) < 4.78 is 6.07. The van der Waals surface area contributed by atoms with E-state index in [1.165, 1.54) is 39.4 Å². The van der Waals surface area contributed by atoms with E-state index < -0.39 is 0 Å². The maximum absolute atomic E-state index is 6.07. The van der Waals surface area contributed by atoms with E-state index >= 15 is 0 Å². The Hall–Kier alpha value is -2.54. The molecule has 1 nitrogen and oxygen atoms in total. The largest absolute Gasteiger partial charge is 0.456 e. The van der Waals surface area contributed by atoms with Crippen LogP contribution in [0.3, 0.4) is 0 Å². The minimum Gasteiger partial charge on any atom is -0.456 e. The first-order valence-corrected chi connectivity index (χ1v) is 9.13. The van der Waals surface area contributed by atoms with Crippen molar-refractivity contribution in [1.82, 2.24) is 0 Å². The van der Waals surface area contributed by atoms with Gasteiger partial charge in [0.25, 0.3) is 0 Å². The lowest BCUT2D eigenvalue weighted by Crippen LogP contribution is -2.14. The quantitative estimate of drug-likeness (QED) is 0.330. The molecule has 126 valence electrons. The molecule has 1 heterocycles. The van der Waals surface area contributed by atoms with Gasteiger partial charge in [-0.15, -0.1) is 0 Å². The summed E-state index contributed by atoms with van der Waals surface area (Å²) in [5, 5.41) is 2.41. The summed E-state index contributed by atoms with van der Waals surface area (Å²) in [6, 6.07) is 21.6.